The molecule has 0 saturated heterocycles. The Morgan fingerprint density at radius 1 is 0.630 bits per heavy atom. The van der Waals surface area contributed by atoms with Gasteiger partial charge in [-0.1, -0.05) is 0 Å². The van der Waals surface area contributed by atoms with Crippen molar-refractivity contribution >= 4 is 23.8 Å². The zero-order valence-corrected chi connectivity index (χ0v) is 13.9. The molecule has 3 aromatic carbocycles. The van der Waals surface area contributed by atoms with Gasteiger partial charge in [0.2, 0.25) is 0 Å². The Morgan fingerprint density at radius 3 is 1.67 bits per heavy atom. The maximum Gasteiger partial charge on any atom is 0.128 e. The van der Waals surface area contributed by atoms with Gasteiger partial charge in [-0.15, -0.1) is 0 Å². The van der Waals surface area contributed by atoms with Crippen LogP contribution in [-0.4, -0.2) is 32.9 Å². The number of hydrogen-bond acceptors (Lipinski definition) is 6. The number of aromatic hydroxyl groups is 4. The van der Waals surface area contributed by atoms with Crippen molar-refractivity contribution in [2.45, 2.75) is 0 Å². The molecule has 0 aliphatic rings. The highest BCUT2D eigenvalue weighted by Gasteiger charge is 2.05. The summed E-state index contributed by atoms with van der Waals surface area (Å²) in [5, 5.41) is 38.2. The van der Waals surface area contributed by atoms with E-state index in [1.807, 2.05) is 0 Å². The van der Waals surface area contributed by atoms with E-state index in [-0.39, 0.29) is 28.7 Å². The minimum absolute atomic E-state index is 0.0783. The number of benzene rings is 3. The van der Waals surface area contributed by atoms with Crippen LogP contribution in [0.3, 0.4) is 0 Å². The van der Waals surface area contributed by atoms with Gasteiger partial charge in [-0.3, -0.25) is 9.98 Å². The molecular formula is C20H15FN2O4. The Kier molecular flexibility index (Phi) is 5.03. The van der Waals surface area contributed by atoms with E-state index in [4.69, 9.17) is 0 Å². The minimum atomic E-state index is -0.511. The van der Waals surface area contributed by atoms with E-state index < -0.39 is 5.82 Å². The monoisotopic (exact) mass is 366 g/mol. The number of hydrogen-bond donors (Lipinski definition) is 4. The van der Waals surface area contributed by atoms with Crippen LogP contribution in [0.15, 0.2) is 64.6 Å². The number of halogens is 1. The molecule has 0 aromatic heterocycles. The maximum absolute atomic E-state index is 13.6. The largest absolute Gasteiger partial charge is 0.508 e. The molecule has 6 nitrogen and oxygen atoms in total. The van der Waals surface area contributed by atoms with Gasteiger partial charge in [0.25, 0.3) is 0 Å². The highest BCUT2D eigenvalue weighted by molar-refractivity contribution is 5.89. The standard InChI is InChI=1S/C20H15FN2O4/c21-14-3-6-17(22-10-12-1-4-15(24)8-19(12)26)18(7-14)23-11-13-2-5-16(25)9-20(13)27/h1-11,24-27H. The Hall–Kier alpha value is -3.87. The zero-order chi connectivity index (χ0) is 19.4. The third-order valence-corrected chi connectivity index (χ3v) is 3.65. The fourth-order valence-corrected chi connectivity index (χ4v) is 2.27. The molecule has 3 rings (SSSR count). The number of phenolic OH excluding ortho intramolecular Hbond substituents is 4. The second-order valence-electron chi connectivity index (χ2n) is 5.64. The molecule has 0 saturated carbocycles. The summed E-state index contributed by atoms with van der Waals surface area (Å²) in [6.07, 6.45) is 2.68. The third-order valence-electron chi connectivity index (χ3n) is 3.65. The molecule has 136 valence electrons. The van der Waals surface area contributed by atoms with Crippen molar-refractivity contribution in [2.24, 2.45) is 9.98 Å². The van der Waals surface area contributed by atoms with E-state index in [2.05, 4.69) is 9.98 Å². The summed E-state index contributed by atoms with van der Waals surface area (Å²) < 4.78 is 13.6. The summed E-state index contributed by atoms with van der Waals surface area (Å²) in [6.45, 7) is 0. The average Bonchev–Trinajstić information content (AvgIpc) is 2.61. The van der Waals surface area contributed by atoms with Crippen LogP contribution in [0.5, 0.6) is 23.0 Å². The van der Waals surface area contributed by atoms with Crippen LogP contribution in [0.1, 0.15) is 11.1 Å². The molecule has 3 aromatic rings. The molecule has 0 radical (unpaired) electrons. The Morgan fingerprint density at radius 2 is 1.15 bits per heavy atom. The quantitative estimate of drug-likeness (QED) is 0.521. The molecule has 0 aliphatic heterocycles. The highest BCUT2D eigenvalue weighted by Crippen LogP contribution is 2.30. The smallest absolute Gasteiger partial charge is 0.128 e. The highest BCUT2D eigenvalue weighted by atomic mass is 19.1. The van der Waals surface area contributed by atoms with E-state index in [1.165, 1.54) is 67.0 Å². The van der Waals surface area contributed by atoms with Crippen molar-refractivity contribution in [1.82, 2.24) is 0 Å². The van der Waals surface area contributed by atoms with Gasteiger partial charge in [-0.2, -0.15) is 0 Å². The second-order valence-corrected chi connectivity index (χ2v) is 5.64. The topological polar surface area (TPSA) is 106 Å². The molecule has 27 heavy (non-hydrogen) atoms. The van der Waals surface area contributed by atoms with E-state index in [1.54, 1.807) is 0 Å². The Balaban J connectivity index is 1.93. The van der Waals surface area contributed by atoms with Crippen LogP contribution in [0.4, 0.5) is 15.8 Å². The molecule has 0 amide bonds. The minimum Gasteiger partial charge on any atom is -0.508 e. The van der Waals surface area contributed by atoms with E-state index in [0.717, 1.165) is 0 Å². The van der Waals surface area contributed by atoms with E-state index >= 15 is 0 Å². The van der Waals surface area contributed by atoms with Crippen LogP contribution < -0.4 is 0 Å². The Bertz CT molecular complexity index is 1050. The number of phenols is 4. The summed E-state index contributed by atoms with van der Waals surface area (Å²) in [4.78, 5) is 8.36. The van der Waals surface area contributed by atoms with Crippen LogP contribution >= 0.6 is 0 Å². The first-order chi connectivity index (χ1) is 12.9. The lowest BCUT2D eigenvalue weighted by molar-refractivity contribution is 0.449. The van der Waals surface area contributed by atoms with Gasteiger partial charge in [0.05, 0.1) is 11.4 Å². The van der Waals surface area contributed by atoms with Crippen molar-refractivity contribution in [1.29, 1.82) is 0 Å². The van der Waals surface area contributed by atoms with Crippen LogP contribution in [0.2, 0.25) is 0 Å². The van der Waals surface area contributed by atoms with Crippen molar-refractivity contribution in [3.05, 3.63) is 71.5 Å². The summed E-state index contributed by atoms with van der Waals surface area (Å²) in [5.74, 6) is -1.00. The predicted octanol–water partition coefficient (Wildman–Crippen LogP) is 4.15. The van der Waals surface area contributed by atoms with Gasteiger partial charge in [0, 0.05) is 41.8 Å². The molecule has 4 N–H and O–H groups in total. The van der Waals surface area contributed by atoms with Crippen LogP contribution in [-0.2, 0) is 0 Å². The fourth-order valence-electron chi connectivity index (χ4n) is 2.27. The summed E-state index contributed by atoms with van der Waals surface area (Å²) >= 11 is 0. The number of aliphatic imine (C=N–C) groups is 2. The zero-order valence-electron chi connectivity index (χ0n) is 13.9. The molecule has 0 spiro atoms. The normalized spacial score (nSPS) is 11.4. The second kappa shape index (κ2) is 7.57. The average molecular weight is 366 g/mol. The SMILES string of the molecule is Oc1ccc(C=Nc2ccc(F)cc2N=Cc2ccc(O)cc2O)c(O)c1. The lowest BCUT2D eigenvalue weighted by Gasteiger charge is -2.03. The van der Waals surface area contributed by atoms with Gasteiger partial charge in [-0.25, -0.2) is 4.39 Å². The van der Waals surface area contributed by atoms with Crippen molar-refractivity contribution < 1.29 is 24.8 Å². The molecule has 0 atom stereocenters. The van der Waals surface area contributed by atoms with Crippen molar-refractivity contribution in [2.75, 3.05) is 0 Å². The molecule has 0 unspecified atom stereocenters. The van der Waals surface area contributed by atoms with Crippen LogP contribution in [0, 0.1) is 5.82 Å². The lowest BCUT2D eigenvalue weighted by atomic mass is 10.2. The van der Waals surface area contributed by atoms with Gasteiger partial charge in [0.1, 0.15) is 28.8 Å². The number of rotatable bonds is 4. The summed E-state index contributed by atoms with van der Waals surface area (Å²) in [7, 11) is 0. The van der Waals surface area contributed by atoms with Gasteiger partial charge in [0.15, 0.2) is 0 Å². The van der Waals surface area contributed by atoms with Gasteiger partial charge in [-0.05, 0) is 36.4 Å². The molecular weight excluding hydrogens is 351 g/mol. The van der Waals surface area contributed by atoms with Crippen LogP contribution in [0.25, 0.3) is 0 Å². The maximum atomic E-state index is 13.6. The molecule has 7 heteroatoms. The first-order valence-corrected chi connectivity index (χ1v) is 7.84. The summed E-state index contributed by atoms with van der Waals surface area (Å²) in [5.41, 5.74) is 1.24. The number of nitrogens with zero attached hydrogens (tertiary/aromatic N) is 2. The van der Waals surface area contributed by atoms with Crippen molar-refractivity contribution in [3.63, 3.8) is 0 Å². The molecule has 0 fully saturated rings. The predicted molar refractivity (Wildman–Crippen MR) is 100 cm³/mol. The molecule has 0 heterocycles. The lowest BCUT2D eigenvalue weighted by Crippen LogP contribution is -1.84. The fraction of sp³-hybridized carbons (Fsp3) is 0. The third kappa shape index (κ3) is 4.40. The summed E-state index contributed by atoms with van der Waals surface area (Å²) in [6, 6.07) is 11.9. The first kappa shape index (κ1) is 17.9. The van der Waals surface area contributed by atoms with E-state index in [9.17, 15) is 24.8 Å². The van der Waals surface area contributed by atoms with E-state index in [0.29, 0.717) is 16.8 Å². The van der Waals surface area contributed by atoms with Gasteiger partial charge < -0.3 is 20.4 Å². The van der Waals surface area contributed by atoms with Gasteiger partial charge >= 0.3 is 0 Å². The van der Waals surface area contributed by atoms with Crippen molar-refractivity contribution in [3.8, 4) is 23.0 Å². The molecule has 0 aliphatic carbocycles. The first-order valence-electron chi connectivity index (χ1n) is 7.84. The Labute approximate surface area is 153 Å². The molecule has 0 bridgehead atoms.